The van der Waals surface area contributed by atoms with E-state index in [2.05, 4.69) is 39.4 Å². The van der Waals surface area contributed by atoms with Crippen molar-refractivity contribution < 1.29 is 19.1 Å². The topological polar surface area (TPSA) is 137 Å². The predicted molar refractivity (Wildman–Crippen MR) is 141 cm³/mol. The molecule has 1 N–H and O–H groups in total. The van der Waals surface area contributed by atoms with Crippen LogP contribution >= 0.6 is 0 Å². The molecule has 3 heterocycles. The lowest BCUT2D eigenvalue weighted by atomic mass is 9.96. The Bertz CT molecular complexity index is 1300. The van der Waals surface area contributed by atoms with Crippen LogP contribution in [0.15, 0.2) is 28.9 Å². The van der Waals surface area contributed by atoms with Gasteiger partial charge in [0, 0.05) is 25.2 Å². The van der Waals surface area contributed by atoms with Crippen molar-refractivity contribution in [2.75, 3.05) is 24.6 Å². The number of carbonyl (C=O) groups excluding carboxylic acids is 1. The quantitative estimate of drug-likeness (QED) is 0.265. The highest BCUT2D eigenvalue weighted by atomic mass is 16.6. The monoisotopic (exact) mass is 522 g/mol. The average molecular weight is 523 g/mol. The number of nitro groups is 1. The first-order valence-electron chi connectivity index (χ1n) is 13.5. The van der Waals surface area contributed by atoms with E-state index in [1.807, 2.05) is 6.07 Å². The van der Waals surface area contributed by atoms with Gasteiger partial charge in [0.15, 0.2) is 0 Å². The third-order valence-corrected chi connectivity index (χ3v) is 7.20. The summed E-state index contributed by atoms with van der Waals surface area (Å²) in [5, 5.41) is 22.1. The van der Waals surface area contributed by atoms with Gasteiger partial charge in [0.1, 0.15) is 11.2 Å². The summed E-state index contributed by atoms with van der Waals surface area (Å²) in [6.07, 6.45) is 6.61. The van der Waals surface area contributed by atoms with Gasteiger partial charge in [-0.05, 0) is 90.9 Å². The molecule has 1 atom stereocenters. The van der Waals surface area contributed by atoms with Gasteiger partial charge in [-0.15, -0.1) is 0 Å². The molecule has 2 aromatic heterocycles. The third-order valence-electron chi connectivity index (χ3n) is 7.20. The van der Waals surface area contributed by atoms with Crippen LogP contribution in [0, 0.1) is 22.0 Å². The maximum Gasteiger partial charge on any atom is 0.300 e. The Kier molecular flexibility index (Phi) is 7.71. The number of hydrogen-bond donors (Lipinski definition) is 1. The molecule has 3 aromatic rings. The molecular weight excluding hydrogens is 488 g/mol. The molecule has 1 saturated carbocycles. The molecule has 1 amide bonds. The standard InChI is InChI=1S/C27H34N6O5/c1-17(2)15-20(9-7-19-8-11-22(33(35)36)25-24(19)30-38-31-25)28-26(34)21-10-12-23(32-13-3-4-14-32)27(29-21)37-16-18-5-6-18/h8,10-12,17-18,20H,3-7,9,13-16H2,1-2H3,(H,28,34)/t20-/m1/s1. The van der Waals surface area contributed by atoms with E-state index in [-0.39, 0.29) is 23.2 Å². The van der Waals surface area contributed by atoms with Crippen LogP contribution in [0.25, 0.3) is 11.0 Å². The average Bonchev–Trinajstić information content (AvgIpc) is 3.33. The number of amides is 1. The van der Waals surface area contributed by atoms with Crippen LogP contribution in [0.3, 0.4) is 0 Å². The van der Waals surface area contributed by atoms with E-state index in [4.69, 9.17) is 9.37 Å². The van der Waals surface area contributed by atoms with Crippen LogP contribution in [-0.2, 0) is 6.42 Å². The molecule has 0 unspecified atom stereocenters. The molecule has 2 fully saturated rings. The Morgan fingerprint density at radius 1 is 1.18 bits per heavy atom. The van der Waals surface area contributed by atoms with Crippen molar-refractivity contribution in [3.05, 3.63) is 45.6 Å². The van der Waals surface area contributed by atoms with Crippen molar-refractivity contribution >= 4 is 28.3 Å². The van der Waals surface area contributed by atoms with Gasteiger partial charge in [0.25, 0.3) is 5.91 Å². The second-order valence-electron chi connectivity index (χ2n) is 10.8. The first-order chi connectivity index (χ1) is 18.4. The smallest absolute Gasteiger partial charge is 0.300 e. The number of carbonyl (C=O) groups is 1. The lowest BCUT2D eigenvalue weighted by Gasteiger charge is -2.23. The maximum absolute atomic E-state index is 13.3. The predicted octanol–water partition coefficient (Wildman–Crippen LogP) is 4.69. The van der Waals surface area contributed by atoms with Crippen molar-refractivity contribution in [3.8, 4) is 5.88 Å². The summed E-state index contributed by atoms with van der Waals surface area (Å²) < 4.78 is 10.9. The summed E-state index contributed by atoms with van der Waals surface area (Å²) >= 11 is 0. The Labute approximate surface area is 221 Å². The van der Waals surface area contributed by atoms with Crippen molar-refractivity contribution in [1.82, 2.24) is 20.6 Å². The van der Waals surface area contributed by atoms with E-state index < -0.39 is 4.92 Å². The highest BCUT2D eigenvalue weighted by molar-refractivity contribution is 5.93. The van der Waals surface area contributed by atoms with Crippen LogP contribution in [0.1, 0.15) is 68.4 Å². The van der Waals surface area contributed by atoms with Crippen molar-refractivity contribution in [2.45, 2.75) is 64.8 Å². The van der Waals surface area contributed by atoms with E-state index in [1.54, 1.807) is 12.1 Å². The fourth-order valence-electron chi connectivity index (χ4n) is 5.01. The zero-order valence-electron chi connectivity index (χ0n) is 21.9. The summed E-state index contributed by atoms with van der Waals surface area (Å²) in [6, 6.07) is 6.72. The summed E-state index contributed by atoms with van der Waals surface area (Å²) in [5.41, 5.74) is 2.47. The minimum atomic E-state index is -0.497. The Hall–Kier alpha value is -3.76. The van der Waals surface area contributed by atoms with Gasteiger partial charge in [-0.3, -0.25) is 14.9 Å². The lowest BCUT2D eigenvalue weighted by molar-refractivity contribution is -0.383. The highest BCUT2D eigenvalue weighted by Gasteiger charge is 2.26. The number of nitrogens with one attached hydrogen (secondary N) is 1. The first-order valence-corrected chi connectivity index (χ1v) is 13.5. The van der Waals surface area contributed by atoms with Crippen molar-refractivity contribution in [3.63, 3.8) is 0 Å². The van der Waals surface area contributed by atoms with Gasteiger partial charge in [-0.25, -0.2) is 9.61 Å². The van der Waals surface area contributed by atoms with E-state index in [0.717, 1.165) is 43.6 Å². The van der Waals surface area contributed by atoms with E-state index in [9.17, 15) is 14.9 Å². The molecule has 2 aliphatic rings. The number of hydrogen-bond acceptors (Lipinski definition) is 9. The number of ether oxygens (including phenoxy) is 1. The second kappa shape index (κ2) is 11.3. The number of pyridine rings is 1. The molecule has 11 heteroatoms. The van der Waals surface area contributed by atoms with Gasteiger partial charge in [-0.2, -0.15) is 0 Å². The molecule has 1 aromatic carbocycles. The molecule has 0 bridgehead atoms. The van der Waals surface area contributed by atoms with Crippen molar-refractivity contribution in [2.24, 2.45) is 11.8 Å². The number of aromatic nitrogens is 3. The Morgan fingerprint density at radius 3 is 2.66 bits per heavy atom. The Balaban J connectivity index is 1.30. The summed E-state index contributed by atoms with van der Waals surface area (Å²) in [6.45, 7) is 6.80. The molecule has 11 nitrogen and oxygen atoms in total. The lowest BCUT2D eigenvalue weighted by Crippen LogP contribution is -2.36. The zero-order valence-corrected chi connectivity index (χ0v) is 21.9. The van der Waals surface area contributed by atoms with Crippen LogP contribution in [-0.4, -0.2) is 51.9 Å². The molecule has 1 aliphatic carbocycles. The minimum Gasteiger partial charge on any atom is -0.476 e. The molecule has 5 rings (SSSR count). The van der Waals surface area contributed by atoms with E-state index in [0.29, 0.717) is 48.4 Å². The van der Waals surface area contributed by atoms with Gasteiger partial charge < -0.3 is 15.0 Å². The maximum atomic E-state index is 13.3. The highest BCUT2D eigenvalue weighted by Crippen LogP contribution is 2.34. The normalized spacial score (nSPS) is 16.2. The largest absolute Gasteiger partial charge is 0.476 e. The minimum absolute atomic E-state index is 0.122. The van der Waals surface area contributed by atoms with Gasteiger partial charge >= 0.3 is 5.69 Å². The summed E-state index contributed by atoms with van der Waals surface area (Å²) in [7, 11) is 0. The fourth-order valence-corrected chi connectivity index (χ4v) is 5.01. The zero-order chi connectivity index (χ0) is 26.6. The van der Waals surface area contributed by atoms with Crippen LogP contribution < -0.4 is 15.0 Å². The number of non-ortho nitro benzene ring substituents is 1. The molecular formula is C27H34N6O5. The molecule has 38 heavy (non-hydrogen) atoms. The van der Waals surface area contributed by atoms with Gasteiger partial charge in [-0.1, -0.05) is 13.8 Å². The number of benzene rings is 1. The van der Waals surface area contributed by atoms with Crippen LogP contribution in [0.5, 0.6) is 5.88 Å². The van der Waals surface area contributed by atoms with Gasteiger partial charge in [0.05, 0.1) is 17.2 Å². The van der Waals surface area contributed by atoms with Crippen LogP contribution in [0.4, 0.5) is 11.4 Å². The van der Waals surface area contributed by atoms with Crippen LogP contribution in [0.2, 0.25) is 0 Å². The number of nitrogens with zero attached hydrogens (tertiary/aromatic N) is 5. The first kappa shape index (κ1) is 25.9. The number of aryl methyl sites for hydroxylation is 1. The number of rotatable bonds is 12. The number of anilines is 1. The third kappa shape index (κ3) is 6.03. The van der Waals surface area contributed by atoms with Gasteiger partial charge in [0.2, 0.25) is 11.4 Å². The number of fused-ring (bicyclic) bond motifs is 1. The SMILES string of the molecule is CC(C)C[C@@H](CCc1ccc([N+](=O)[O-])c2nonc12)NC(=O)c1ccc(N2CCCC2)c(OCC2CC2)n1. The molecule has 0 radical (unpaired) electrons. The Morgan fingerprint density at radius 2 is 1.95 bits per heavy atom. The molecule has 1 saturated heterocycles. The fraction of sp³-hybridized carbons (Fsp3) is 0.556. The summed E-state index contributed by atoms with van der Waals surface area (Å²) in [4.78, 5) is 31.1. The molecule has 1 aliphatic heterocycles. The molecule has 0 spiro atoms. The molecule has 202 valence electrons. The van der Waals surface area contributed by atoms with E-state index >= 15 is 0 Å². The number of nitro benzene ring substituents is 1. The summed E-state index contributed by atoms with van der Waals surface area (Å²) in [5.74, 6) is 1.24. The second-order valence-corrected chi connectivity index (χ2v) is 10.8. The van der Waals surface area contributed by atoms with E-state index in [1.165, 1.54) is 18.9 Å². The van der Waals surface area contributed by atoms with Crippen molar-refractivity contribution in [1.29, 1.82) is 0 Å².